The highest BCUT2D eigenvalue weighted by molar-refractivity contribution is 7.89. The van der Waals surface area contributed by atoms with E-state index in [4.69, 9.17) is 0 Å². The van der Waals surface area contributed by atoms with Crippen LogP contribution in [0.3, 0.4) is 0 Å². The van der Waals surface area contributed by atoms with Crippen molar-refractivity contribution in [1.82, 2.24) is 25.0 Å². The van der Waals surface area contributed by atoms with Crippen LogP contribution in [0.15, 0.2) is 0 Å². The maximum absolute atomic E-state index is 14.1. The summed E-state index contributed by atoms with van der Waals surface area (Å²) in [6, 6.07) is -0.674. The van der Waals surface area contributed by atoms with Gasteiger partial charge >= 0.3 is 0 Å². The first-order chi connectivity index (χ1) is 22.6. The largest absolute Gasteiger partial charge is 0.393 e. The summed E-state index contributed by atoms with van der Waals surface area (Å²) in [6.45, 7) is 11.4. The molecule has 2 rings (SSSR count). The Kier molecular flexibility index (Phi) is 18.3. The van der Waals surface area contributed by atoms with Gasteiger partial charge in [0, 0.05) is 58.0 Å². The zero-order valence-electron chi connectivity index (χ0n) is 30.8. The molecule has 4 N–H and O–H groups in total. The average molecular weight is 702 g/mol. The van der Waals surface area contributed by atoms with Crippen LogP contribution in [0.5, 0.6) is 0 Å². The van der Waals surface area contributed by atoms with Crippen LogP contribution in [-0.2, 0) is 24.4 Å². The Balaban J connectivity index is 2.33. The Labute approximate surface area is 290 Å². The number of hydrazine groups is 1. The van der Waals surface area contributed by atoms with Gasteiger partial charge in [0.05, 0.1) is 24.0 Å². The third-order valence-corrected chi connectivity index (χ3v) is 11.4. The van der Waals surface area contributed by atoms with Crippen molar-refractivity contribution in [2.75, 3.05) is 46.0 Å². The average Bonchev–Trinajstić information content (AvgIpc) is 3.02. The van der Waals surface area contributed by atoms with Crippen molar-refractivity contribution in [3.63, 3.8) is 0 Å². The van der Waals surface area contributed by atoms with Gasteiger partial charge in [-0.05, 0) is 82.5 Å². The molecule has 13 heteroatoms. The van der Waals surface area contributed by atoms with Crippen molar-refractivity contribution < 1.29 is 33.0 Å². The van der Waals surface area contributed by atoms with E-state index in [9.17, 15) is 33.0 Å². The summed E-state index contributed by atoms with van der Waals surface area (Å²) in [5.74, 6) is -1.84. The molecule has 0 heterocycles. The van der Waals surface area contributed by atoms with Crippen LogP contribution in [0.1, 0.15) is 112 Å². The zero-order valence-corrected chi connectivity index (χ0v) is 31.6. The van der Waals surface area contributed by atoms with E-state index >= 15 is 0 Å². The fraction of sp³-hybridized carbons (Fsp3) is 0.914. The lowest BCUT2D eigenvalue weighted by atomic mass is 9.73. The van der Waals surface area contributed by atoms with Gasteiger partial charge in [0.15, 0.2) is 0 Å². The number of aliphatic hydroxyl groups is 2. The number of carbonyl (C=O) groups is 3. The number of unbranched alkanes of at least 4 members (excludes halogenated alkanes) is 1. The van der Waals surface area contributed by atoms with Crippen molar-refractivity contribution in [3.05, 3.63) is 0 Å². The first kappa shape index (κ1) is 42.4. The third-order valence-electron chi connectivity index (χ3n) is 9.72. The minimum Gasteiger partial charge on any atom is -0.393 e. The van der Waals surface area contributed by atoms with E-state index in [2.05, 4.69) is 10.1 Å². The van der Waals surface area contributed by atoms with Gasteiger partial charge in [-0.25, -0.2) is 13.4 Å². The Hall–Kier alpha value is -1.80. The molecular formula is C35H67N5O7S. The molecule has 2 aliphatic rings. The fourth-order valence-corrected chi connectivity index (χ4v) is 8.84. The minimum atomic E-state index is -3.63. The number of amides is 3. The number of rotatable bonds is 20. The van der Waals surface area contributed by atoms with Crippen molar-refractivity contribution in [1.29, 1.82) is 0 Å². The lowest BCUT2D eigenvalue weighted by Crippen LogP contribution is -2.55. The highest BCUT2D eigenvalue weighted by Crippen LogP contribution is 2.36. The molecule has 5 unspecified atom stereocenters. The summed E-state index contributed by atoms with van der Waals surface area (Å²) in [5, 5.41) is 26.4. The van der Waals surface area contributed by atoms with Crippen LogP contribution >= 0.6 is 0 Å². The number of aliphatic hydroxyl groups excluding tert-OH is 2. The molecule has 0 aliphatic heterocycles. The highest BCUT2D eigenvalue weighted by Gasteiger charge is 2.41. The fourth-order valence-electron chi connectivity index (χ4n) is 7.33. The molecule has 2 aliphatic carbocycles. The van der Waals surface area contributed by atoms with Gasteiger partial charge in [-0.3, -0.25) is 14.4 Å². The van der Waals surface area contributed by atoms with Crippen molar-refractivity contribution in [2.45, 2.75) is 130 Å². The third kappa shape index (κ3) is 14.2. The molecule has 12 nitrogen and oxygen atoms in total. The zero-order chi connectivity index (χ0) is 36.0. The number of nitrogens with one attached hydrogen (secondary N) is 2. The van der Waals surface area contributed by atoms with Gasteiger partial charge in [-0.2, -0.15) is 0 Å². The summed E-state index contributed by atoms with van der Waals surface area (Å²) in [5.41, 5.74) is 0. The number of hydrogen-bond donors (Lipinski definition) is 4. The number of sulfonamides is 1. The summed E-state index contributed by atoms with van der Waals surface area (Å²) in [7, 11) is -0.247. The molecule has 2 saturated carbocycles. The van der Waals surface area contributed by atoms with Crippen LogP contribution in [0.2, 0.25) is 0 Å². The standard InChI is InChI=1S/C35H67N5O7S/c1-8-11-18-40(37-48(46,47)24-25(4)5)23-32(42)31(19-26-12-14-30(41)15-13-26)36-33(43)27-20-28(34(44)38(6)7)22-29(21-27)35(45)39(16-9-2)17-10-3/h25-32,37,41-42H,8-24H2,1-7H3,(H,36,43). The van der Waals surface area contributed by atoms with Crippen LogP contribution in [0.4, 0.5) is 0 Å². The normalized spacial score (nSPS) is 24.7. The number of nitrogens with zero attached hydrogens (tertiary/aromatic N) is 3. The van der Waals surface area contributed by atoms with E-state index in [1.54, 1.807) is 19.1 Å². The Morgan fingerprint density at radius 2 is 1.40 bits per heavy atom. The van der Waals surface area contributed by atoms with Gasteiger partial charge in [0.1, 0.15) is 0 Å². The van der Waals surface area contributed by atoms with Gasteiger partial charge in [0.2, 0.25) is 27.7 Å². The van der Waals surface area contributed by atoms with Gasteiger partial charge in [-0.15, -0.1) is 4.83 Å². The Morgan fingerprint density at radius 3 is 1.92 bits per heavy atom. The first-order valence-electron chi connectivity index (χ1n) is 18.5. The second-order valence-electron chi connectivity index (χ2n) is 15.0. The smallest absolute Gasteiger partial charge is 0.225 e. The lowest BCUT2D eigenvalue weighted by Gasteiger charge is -2.38. The molecule has 0 spiro atoms. The molecule has 3 amide bonds. The molecule has 0 saturated heterocycles. The SMILES string of the molecule is CCCCN(CC(O)C(CC1CCC(O)CC1)NC(=O)C1CC(C(=O)N(C)C)CC(C(=O)N(CCC)CCC)C1)NS(=O)(=O)CC(C)C. The molecule has 0 aromatic heterocycles. The highest BCUT2D eigenvalue weighted by atomic mass is 32.2. The Bertz CT molecular complexity index is 1090. The van der Waals surface area contributed by atoms with Crippen molar-refractivity contribution >= 4 is 27.7 Å². The predicted octanol–water partition coefficient (Wildman–Crippen LogP) is 3.14. The van der Waals surface area contributed by atoms with E-state index in [1.807, 2.05) is 39.5 Å². The topological polar surface area (TPSA) is 160 Å². The second kappa shape index (κ2) is 20.8. The monoisotopic (exact) mass is 701 g/mol. The maximum Gasteiger partial charge on any atom is 0.225 e. The van der Waals surface area contributed by atoms with E-state index in [1.165, 1.54) is 4.90 Å². The molecule has 0 aromatic rings. The van der Waals surface area contributed by atoms with E-state index in [0.717, 1.165) is 38.5 Å². The number of carbonyl (C=O) groups excluding carboxylic acids is 3. The summed E-state index contributed by atoms with van der Waals surface area (Å²) in [4.78, 5) is 47.1. The quantitative estimate of drug-likeness (QED) is 0.141. The minimum absolute atomic E-state index is 0.00582. The predicted molar refractivity (Wildman–Crippen MR) is 189 cm³/mol. The van der Waals surface area contributed by atoms with Crippen molar-refractivity contribution in [2.24, 2.45) is 29.6 Å². The molecule has 0 radical (unpaired) electrons. The van der Waals surface area contributed by atoms with Crippen LogP contribution < -0.4 is 10.1 Å². The Morgan fingerprint density at radius 1 is 0.833 bits per heavy atom. The van der Waals surface area contributed by atoms with Crippen LogP contribution in [0.25, 0.3) is 0 Å². The van der Waals surface area contributed by atoms with Crippen LogP contribution in [-0.4, -0.2) is 115 Å². The van der Waals surface area contributed by atoms with Gasteiger partial charge in [-0.1, -0.05) is 41.0 Å². The number of hydrogen-bond acceptors (Lipinski definition) is 8. The molecule has 2 fully saturated rings. The van der Waals surface area contributed by atoms with Crippen LogP contribution in [0, 0.1) is 29.6 Å². The van der Waals surface area contributed by atoms with E-state index in [0.29, 0.717) is 58.2 Å². The summed E-state index contributed by atoms with van der Waals surface area (Å²) < 4.78 is 25.7. The first-order valence-corrected chi connectivity index (χ1v) is 20.2. The van der Waals surface area contributed by atoms with Crippen molar-refractivity contribution in [3.8, 4) is 0 Å². The lowest BCUT2D eigenvalue weighted by molar-refractivity contribution is -0.143. The molecule has 48 heavy (non-hydrogen) atoms. The molecule has 280 valence electrons. The summed E-state index contributed by atoms with van der Waals surface area (Å²) in [6.07, 6.45) is 6.18. The van der Waals surface area contributed by atoms with E-state index in [-0.39, 0.29) is 48.0 Å². The van der Waals surface area contributed by atoms with Gasteiger partial charge < -0.3 is 25.3 Å². The molecule has 0 aromatic carbocycles. The molecule has 5 atom stereocenters. The second-order valence-corrected chi connectivity index (χ2v) is 16.8. The van der Waals surface area contributed by atoms with Gasteiger partial charge in [0.25, 0.3) is 0 Å². The molecule has 0 bridgehead atoms. The molecular weight excluding hydrogens is 634 g/mol. The summed E-state index contributed by atoms with van der Waals surface area (Å²) >= 11 is 0. The maximum atomic E-state index is 14.1. The van der Waals surface area contributed by atoms with E-state index < -0.39 is 39.9 Å².